The van der Waals surface area contributed by atoms with Crippen molar-refractivity contribution in [3.05, 3.63) is 75.8 Å². The zero-order valence-corrected chi connectivity index (χ0v) is 18.2. The average molecular weight is 495 g/mol. The average Bonchev–Trinajstić information content (AvgIpc) is 2.76. The van der Waals surface area contributed by atoms with E-state index in [0.29, 0.717) is 19.6 Å². The lowest BCUT2D eigenvalue weighted by Gasteiger charge is -2.31. The predicted molar refractivity (Wildman–Crippen MR) is 116 cm³/mol. The highest BCUT2D eigenvalue weighted by atomic mass is 79.9. The zero-order valence-electron chi connectivity index (χ0n) is 16.7. The van der Waals surface area contributed by atoms with Gasteiger partial charge in [0.1, 0.15) is 0 Å². The van der Waals surface area contributed by atoms with Crippen LogP contribution in [0, 0.1) is 5.92 Å². The first-order valence-electron chi connectivity index (χ1n) is 9.90. The van der Waals surface area contributed by atoms with Crippen LogP contribution in [0.5, 0.6) is 0 Å². The fourth-order valence-corrected chi connectivity index (χ4v) is 3.62. The number of benzene rings is 2. The summed E-state index contributed by atoms with van der Waals surface area (Å²) in [4.78, 5) is 26.3. The lowest BCUT2D eigenvalue weighted by Crippen LogP contribution is -2.41. The second-order valence-electron chi connectivity index (χ2n) is 7.44. The largest absolute Gasteiger partial charge is 0.416 e. The van der Waals surface area contributed by atoms with E-state index in [1.165, 1.54) is 12.1 Å². The number of amides is 2. The van der Waals surface area contributed by atoms with E-state index in [1.807, 2.05) is 24.3 Å². The van der Waals surface area contributed by atoms with E-state index in [1.54, 1.807) is 17.1 Å². The van der Waals surface area contributed by atoms with Gasteiger partial charge in [0.2, 0.25) is 5.91 Å². The van der Waals surface area contributed by atoms with Crippen molar-refractivity contribution in [1.82, 2.24) is 10.2 Å². The smallest absolute Gasteiger partial charge is 0.352 e. The highest BCUT2D eigenvalue weighted by molar-refractivity contribution is 9.10. The van der Waals surface area contributed by atoms with Crippen molar-refractivity contribution in [3.63, 3.8) is 0 Å². The number of rotatable bonds is 5. The van der Waals surface area contributed by atoms with E-state index in [2.05, 4.69) is 21.2 Å². The number of carbonyl (C=O) groups excluding carboxylic acids is 2. The Kier molecular flexibility index (Phi) is 7.54. The molecule has 0 atom stereocenters. The molecule has 1 heterocycles. The number of hydrogen-bond donors (Lipinski definition) is 1. The third-order valence-electron chi connectivity index (χ3n) is 5.24. The summed E-state index contributed by atoms with van der Waals surface area (Å²) in [7, 11) is 0. The van der Waals surface area contributed by atoms with Crippen LogP contribution in [0.25, 0.3) is 6.08 Å². The Balaban J connectivity index is 1.43. The maximum absolute atomic E-state index is 12.6. The minimum atomic E-state index is -4.42. The molecule has 1 N–H and O–H groups in total. The quantitative estimate of drug-likeness (QED) is 0.584. The van der Waals surface area contributed by atoms with Gasteiger partial charge in [-0.2, -0.15) is 13.2 Å². The van der Waals surface area contributed by atoms with Gasteiger partial charge in [0.05, 0.1) is 5.56 Å². The first-order valence-corrected chi connectivity index (χ1v) is 10.7. The van der Waals surface area contributed by atoms with Crippen molar-refractivity contribution in [2.24, 2.45) is 5.92 Å². The summed E-state index contributed by atoms with van der Waals surface area (Å²) in [6, 6.07) is 11.8. The molecular weight excluding hydrogens is 473 g/mol. The van der Waals surface area contributed by atoms with Crippen molar-refractivity contribution in [1.29, 1.82) is 0 Å². The second kappa shape index (κ2) is 10.1. The Morgan fingerprint density at radius 3 is 2.23 bits per heavy atom. The number of halogens is 4. The normalized spacial score (nSPS) is 15.3. The van der Waals surface area contributed by atoms with Gasteiger partial charge in [-0.15, -0.1) is 0 Å². The minimum Gasteiger partial charge on any atom is -0.352 e. The molecule has 1 fully saturated rings. The van der Waals surface area contributed by atoms with Crippen molar-refractivity contribution in [2.45, 2.75) is 19.0 Å². The van der Waals surface area contributed by atoms with E-state index in [9.17, 15) is 22.8 Å². The zero-order chi connectivity index (χ0) is 22.4. The molecule has 164 valence electrons. The Morgan fingerprint density at radius 2 is 1.65 bits per heavy atom. The van der Waals surface area contributed by atoms with Gasteiger partial charge in [-0.1, -0.05) is 28.1 Å². The second-order valence-corrected chi connectivity index (χ2v) is 8.35. The van der Waals surface area contributed by atoms with Gasteiger partial charge in [0.25, 0.3) is 5.91 Å². The Labute approximate surface area is 187 Å². The first-order chi connectivity index (χ1) is 14.7. The van der Waals surface area contributed by atoms with Crippen molar-refractivity contribution < 1.29 is 22.8 Å². The number of piperidine rings is 1. The van der Waals surface area contributed by atoms with Crippen molar-refractivity contribution >= 4 is 33.8 Å². The van der Waals surface area contributed by atoms with Crippen LogP contribution < -0.4 is 5.32 Å². The molecule has 2 aromatic rings. The molecule has 1 aliphatic rings. The SMILES string of the molecule is O=C(NCC1CCN(C(=O)/C=C/c2ccc(Br)cc2)CC1)c1ccc(C(F)(F)F)cc1. The summed E-state index contributed by atoms with van der Waals surface area (Å²) >= 11 is 3.37. The highest BCUT2D eigenvalue weighted by Gasteiger charge is 2.30. The van der Waals surface area contributed by atoms with Gasteiger partial charge < -0.3 is 10.2 Å². The van der Waals surface area contributed by atoms with Crippen LogP contribution in [0.4, 0.5) is 13.2 Å². The van der Waals surface area contributed by atoms with Gasteiger partial charge >= 0.3 is 6.18 Å². The van der Waals surface area contributed by atoms with Crippen LogP contribution in [0.2, 0.25) is 0 Å². The Bertz CT molecular complexity index is 933. The van der Waals surface area contributed by atoms with Crippen molar-refractivity contribution in [2.75, 3.05) is 19.6 Å². The fraction of sp³-hybridized carbons (Fsp3) is 0.304. The number of nitrogens with zero attached hydrogens (tertiary/aromatic N) is 1. The van der Waals surface area contributed by atoms with Crippen LogP contribution in [0.1, 0.15) is 34.3 Å². The molecule has 3 rings (SSSR count). The highest BCUT2D eigenvalue weighted by Crippen LogP contribution is 2.29. The maximum atomic E-state index is 12.6. The fourth-order valence-electron chi connectivity index (χ4n) is 3.35. The van der Waals surface area contributed by atoms with Gasteiger partial charge in [0, 0.05) is 35.7 Å². The summed E-state index contributed by atoms with van der Waals surface area (Å²) in [6.07, 6.45) is 0.436. The van der Waals surface area contributed by atoms with Gasteiger partial charge in [0.15, 0.2) is 0 Å². The summed E-state index contributed by atoms with van der Waals surface area (Å²) in [6.45, 7) is 1.63. The molecule has 8 heteroatoms. The molecule has 0 bridgehead atoms. The molecule has 2 amide bonds. The topological polar surface area (TPSA) is 49.4 Å². The number of nitrogens with one attached hydrogen (secondary N) is 1. The summed E-state index contributed by atoms with van der Waals surface area (Å²) in [5.41, 5.74) is 0.353. The molecule has 31 heavy (non-hydrogen) atoms. The Morgan fingerprint density at radius 1 is 1.03 bits per heavy atom. The van der Waals surface area contributed by atoms with Crippen LogP contribution in [-0.4, -0.2) is 36.3 Å². The van der Waals surface area contributed by atoms with Crippen LogP contribution in [0.3, 0.4) is 0 Å². The monoisotopic (exact) mass is 494 g/mol. The third kappa shape index (κ3) is 6.69. The number of carbonyl (C=O) groups is 2. The summed E-state index contributed by atoms with van der Waals surface area (Å²) in [5, 5.41) is 2.78. The molecule has 0 unspecified atom stereocenters. The lowest BCUT2D eigenvalue weighted by atomic mass is 9.96. The van der Waals surface area contributed by atoms with Crippen LogP contribution in [-0.2, 0) is 11.0 Å². The number of hydrogen-bond acceptors (Lipinski definition) is 2. The van der Waals surface area contributed by atoms with Gasteiger partial charge in [-0.25, -0.2) is 0 Å². The van der Waals surface area contributed by atoms with Crippen LogP contribution >= 0.6 is 15.9 Å². The molecule has 4 nitrogen and oxygen atoms in total. The van der Waals surface area contributed by atoms with E-state index >= 15 is 0 Å². The van der Waals surface area contributed by atoms with E-state index in [0.717, 1.165) is 35.0 Å². The predicted octanol–water partition coefficient (Wildman–Crippen LogP) is 5.15. The third-order valence-corrected chi connectivity index (χ3v) is 5.77. The summed E-state index contributed by atoms with van der Waals surface area (Å²) in [5.74, 6) is -0.224. The minimum absolute atomic E-state index is 0.0461. The van der Waals surface area contributed by atoms with Gasteiger partial charge in [-0.3, -0.25) is 9.59 Å². The van der Waals surface area contributed by atoms with Gasteiger partial charge in [-0.05, 0) is 66.8 Å². The first kappa shape index (κ1) is 23.1. The van der Waals surface area contributed by atoms with Crippen molar-refractivity contribution in [3.8, 4) is 0 Å². The van der Waals surface area contributed by atoms with E-state index in [4.69, 9.17) is 0 Å². The maximum Gasteiger partial charge on any atom is 0.416 e. The molecule has 0 aliphatic carbocycles. The molecule has 1 saturated heterocycles. The molecule has 0 saturated carbocycles. The standard InChI is InChI=1S/C23H22BrF3N2O2/c24-20-8-1-16(2-9-20)3-10-21(30)29-13-11-17(12-14-29)15-28-22(31)18-4-6-19(7-5-18)23(25,26)27/h1-10,17H,11-15H2,(H,28,31)/b10-3+. The lowest BCUT2D eigenvalue weighted by molar-refractivity contribution is -0.137. The van der Waals surface area contributed by atoms with Crippen LogP contribution in [0.15, 0.2) is 59.1 Å². The molecule has 2 aromatic carbocycles. The molecule has 0 aromatic heterocycles. The molecule has 0 radical (unpaired) electrons. The molecular formula is C23H22BrF3N2O2. The molecule has 0 spiro atoms. The summed E-state index contributed by atoms with van der Waals surface area (Å²) < 4.78 is 38.8. The van der Waals surface area contributed by atoms with E-state index < -0.39 is 17.6 Å². The number of likely N-dealkylation sites (tertiary alicyclic amines) is 1. The van der Waals surface area contributed by atoms with E-state index in [-0.39, 0.29) is 17.4 Å². The number of alkyl halides is 3. The Hall–Kier alpha value is -2.61. The molecule has 1 aliphatic heterocycles.